The lowest BCUT2D eigenvalue weighted by atomic mass is 9.99. The van der Waals surface area contributed by atoms with Gasteiger partial charge in [-0.25, -0.2) is 0 Å². The molecular weight excluding hydrogens is 360 g/mol. The van der Waals surface area contributed by atoms with Crippen LogP contribution < -0.4 is 5.32 Å². The van der Waals surface area contributed by atoms with Gasteiger partial charge in [-0.15, -0.1) is 12.4 Å². The Kier molecular flexibility index (Phi) is 5.45. The van der Waals surface area contributed by atoms with Gasteiger partial charge in [-0.1, -0.05) is 48.5 Å². The number of fused-ring (bicyclic) bond motifs is 5. The van der Waals surface area contributed by atoms with Crippen LogP contribution in [0.2, 0.25) is 0 Å². The number of nitrogens with zero attached hydrogens (tertiary/aromatic N) is 1. The molecule has 0 radical (unpaired) electrons. The fourth-order valence-electron chi connectivity index (χ4n) is 3.69. The van der Waals surface area contributed by atoms with Gasteiger partial charge in [-0.2, -0.15) is 0 Å². The Labute approximate surface area is 164 Å². The summed E-state index contributed by atoms with van der Waals surface area (Å²) in [7, 11) is 2.07. The van der Waals surface area contributed by atoms with E-state index in [1.165, 1.54) is 32.4 Å². The summed E-state index contributed by atoms with van der Waals surface area (Å²) in [5.41, 5.74) is 1.68. The Morgan fingerprint density at radius 2 is 1.56 bits per heavy atom. The topological polar surface area (TPSA) is 57.4 Å². The Bertz CT molecular complexity index is 1100. The molecule has 0 aliphatic rings. The maximum Gasteiger partial charge on any atom is 0.0633 e. The third kappa shape index (κ3) is 3.30. The van der Waals surface area contributed by atoms with Crippen LogP contribution in [0, 0.1) is 0 Å². The SMILES string of the molecule is Cl.Cn1cc(CNC(C)(CO)CO)c2ccc3c4ccccc4ccc3c21. The smallest absolute Gasteiger partial charge is 0.0633 e. The highest BCUT2D eigenvalue weighted by Gasteiger charge is 2.22. The van der Waals surface area contributed by atoms with Gasteiger partial charge in [0.05, 0.1) is 24.3 Å². The molecule has 0 saturated heterocycles. The van der Waals surface area contributed by atoms with Crippen molar-refractivity contribution in [1.82, 2.24) is 9.88 Å². The van der Waals surface area contributed by atoms with E-state index in [0.29, 0.717) is 6.54 Å². The van der Waals surface area contributed by atoms with Crippen LogP contribution in [-0.4, -0.2) is 33.5 Å². The highest BCUT2D eigenvalue weighted by Crippen LogP contribution is 2.33. The van der Waals surface area contributed by atoms with Crippen molar-refractivity contribution in [2.45, 2.75) is 19.0 Å². The Balaban J connectivity index is 0.00000210. The fraction of sp³-hybridized carbons (Fsp3) is 0.273. The van der Waals surface area contributed by atoms with Crippen LogP contribution in [0.25, 0.3) is 32.4 Å². The number of halogens is 1. The average molecular weight is 385 g/mol. The standard InChI is InChI=1S/C22H24N2O2.ClH/c1-22(13-25,14-26)23-11-16-12-24(2)21-18(16)9-10-19-17-6-4-3-5-15(17)7-8-20(19)21;/h3-10,12,23,25-26H,11,13-14H2,1-2H3;1H. The summed E-state index contributed by atoms with van der Waals surface area (Å²) in [6.07, 6.45) is 2.13. The van der Waals surface area contributed by atoms with Crippen LogP contribution in [0.15, 0.2) is 54.7 Å². The molecule has 0 bridgehead atoms. The first kappa shape index (κ1) is 19.6. The van der Waals surface area contributed by atoms with E-state index in [1.54, 1.807) is 0 Å². The fourth-order valence-corrected chi connectivity index (χ4v) is 3.69. The highest BCUT2D eigenvalue weighted by molar-refractivity contribution is 6.16. The molecule has 5 heteroatoms. The van der Waals surface area contributed by atoms with Gasteiger partial charge in [0.1, 0.15) is 0 Å². The Morgan fingerprint density at radius 3 is 2.30 bits per heavy atom. The molecule has 4 rings (SSSR count). The van der Waals surface area contributed by atoms with E-state index in [0.717, 1.165) is 5.56 Å². The minimum atomic E-state index is -0.685. The molecule has 142 valence electrons. The number of aliphatic hydroxyl groups excluding tert-OH is 2. The van der Waals surface area contributed by atoms with Crippen LogP contribution >= 0.6 is 12.4 Å². The summed E-state index contributed by atoms with van der Waals surface area (Å²) in [6, 6.07) is 17.2. The van der Waals surface area contributed by atoms with Crippen molar-refractivity contribution in [3.63, 3.8) is 0 Å². The number of benzene rings is 3. The third-order valence-electron chi connectivity index (χ3n) is 5.35. The van der Waals surface area contributed by atoms with E-state index in [1.807, 2.05) is 6.92 Å². The average Bonchev–Trinajstić information content (AvgIpc) is 3.02. The molecule has 0 unspecified atom stereocenters. The first-order valence-electron chi connectivity index (χ1n) is 8.91. The molecule has 4 nitrogen and oxygen atoms in total. The van der Waals surface area contributed by atoms with Crippen molar-refractivity contribution in [3.8, 4) is 0 Å². The molecule has 0 saturated carbocycles. The van der Waals surface area contributed by atoms with Crippen molar-refractivity contribution in [2.24, 2.45) is 7.05 Å². The second kappa shape index (κ2) is 7.49. The van der Waals surface area contributed by atoms with Crippen molar-refractivity contribution < 1.29 is 10.2 Å². The van der Waals surface area contributed by atoms with E-state index >= 15 is 0 Å². The molecule has 3 N–H and O–H groups in total. The molecule has 3 aromatic carbocycles. The summed E-state index contributed by atoms with van der Waals surface area (Å²) in [4.78, 5) is 0. The molecule has 0 spiro atoms. The summed E-state index contributed by atoms with van der Waals surface area (Å²) < 4.78 is 2.17. The first-order chi connectivity index (χ1) is 12.6. The number of aryl methyl sites for hydroxylation is 1. The van der Waals surface area contributed by atoms with E-state index in [4.69, 9.17) is 0 Å². The van der Waals surface area contributed by atoms with Gasteiger partial charge < -0.3 is 20.1 Å². The number of rotatable bonds is 5. The number of hydrogen-bond acceptors (Lipinski definition) is 3. The summed E-state index contributed by atoms with van der Waals surface area (Å²) >= 11 is 0. The van der Waals surface area contributed by atoms with Gasteiger partial charge >= 0.3 is 0 Å². The summed E-state index contributed by atoms with van der Waals surface area (Å²) in [6.45, 7) is 2.19. The van der Waals surface area contributed by atoms with Crippen LogP contribution in [0.3, 0.4) is 0 Å². The molecule has 1 aromatic heterocycles. The van der Waals surface area contributed by atoms with Crippen molar-refractivity contribution in [3.05, 3.63) is 60.3 Å². The summed E-state index contributed by atoms with van der Waals surface area (Å²) in [5.74, 6) is 0. The third-order valence-corrected chi connectivity index (χ3v) is 5.35. The molecule has 0 amide bonds. The second-order valence-electron chi connectivity index (χ2n) is 7.34. The highest BCUT2D eigenvalue weighted by atomic mass is 35.5. The molecule has 27 heavy (non-hydrogen) atoms. The van der Waals surface area contributed by atoms with Gasteiger partial charge in [0.25, 0.3) is 0 Å². The molecule has 0 aliphatic carbocycles. The van der Waals surface area contributed by atoms with E-state index in [9.17, 15) is 10.2 Å². The van der Waals surface area contributed by atoms with Crippen LogP contribution in [-0.2, 0) is 13.6 Å². The summed E-state index contributed by atoms with van der Waals surface area (Å²) in [5, 5.41) is 28.5. The van der Waals surface area contributed by atoms with Crippen LogP contribution in [0.4, 0.5) is 0 Å². The minimum absolute atomic E-state index is 0. The lowest BCUT2D eigenvalue weighted by molar-refractivity contribution is 0.103. The van der Waals surface area contributed by atoms with E-state index in [2.05, 4.69) is 71.7 Å². The monoisotopic (exact) mass is 384 g/mol. The molecule has 0 atom stereocenters. The molecule has 0 fully saturated rings. The lowest BCUT2D eigenvalue weighted by Gasteiger charge is -2.26. The number of aliphatic hydroxyl groups is 2. The quantitative estimate of drug-likeness (QED) is 0.459. The molecule has 1 heterocycles. The zero-order valence-electron chi connectivity index (χ0n) is 15.6. The zero-order valence-corrected chi connectivity index (χ0v) is 16.4. The number of aromatic nitrogens is 1. The van der Waals surface area contributed by atoms with Crippen molar-refractivity contribution >= 4 is 44.9 Å². The van der Waals surface area contributed by atoms with Gasteiger partial charge in [0.2, 0.25) is 0 Å². The first-order valence-corrected chi connectivity index (χ1v) is 8.91. The maximum absolute atomic E-state index is 9.50. The second-order valence-corrected chi connectivity index (χ2v) is 7.34. The number of nitrogens with one attached hydrogen (secondary N) is 1. The van der Waals surface area contributed by atoms with Crippen LogP contribution in [0.5, 0.6) is 0 Å². The molecular formula is C22H25ClN2O2. The number of hydrogen-bond donors (Lipinski definition) is 3. The Hall–Kier alpha value is -2.11. The van der Waals surface area contributed by atoms with Crippen molar-refractivity contribution in [2.75, 3.05) is 13.2 Å². The lowest BCUT2D eigenvalue weighted by Crippen LogP contribution is -2.48. The Morgan fingerprint density at radius 1 is 0.889 bits per heavy atom. The predicted molar refractivity (Wildman–Crippen MR) is 115 cm³/mol. The van der Waals surface area contributed by atoms with Gasteiger partial charge in [0, 0.05) is 30.6 Å². The van der Waals surface area contributed by atoms with E-state index in [-0.39, 0.29) is 25.6 Å². The van der Waals surface area contributed by atoms with E-state index < -0.39 is 5.54 Å². The normalized spacial score (nSPS) is 12.0. The van der Waals surface area contributed by atoms with Gasteiger partial charge in [0.15, 0.2) is 0 Å². The zero-order chi connectivity index (χ0) is 18.3. The molecule has 4 aromatic rings. The predicted octanol–water partition coefficient (Wildman–Crippen LogP) is 3.74. The maximum atomic E-state index is 9.50. The largest absolute Gasteiger partial charge is 0.394 e. The van der Waals surface area contributed by atoms with Gasteiger partial charge in [-0.05, 0) is 28.6 Å². The minimum Gasteiger partial charge on any atom is -0.394 e. The molecule has 0 aliphatic heterocycles. The van der Waals surface area contributed by atoms with Gasteiger partial charge in [-0.3, -0.25) is 0 Å². The van der Waals surface area contributed by atoms with Crippen LogP contribution in [0.1, 0.15) is 12.5 Å². The van der Waals surface area contributed by atoms with Crippen molar-refractivity contribution in [1.29, 1.82) is 0 Å².